The summed E-state index contributed by atoms with van der Waals surface area (Å²) >= 11 is -1.90. The van der Waals surface area contributed by atoms with Gasteiger partial charge < -0.3 is 0 Å². The molecule has 0 radical (unpaired) electrons. The van der Waals surface area contributed by atoms with Crippen molar-refractivity contribution in [1.82, 2.24) is 9.97 Å². The molecule has 0 saturated heterocycles. The van der Waals surface area contributed by atoms with Crippen LogP contribution in [0.1, 0.15) is 213 Å². The summed E-state index contributed by atoms with van der Waals surface area (Å²) < 4.78 is 20.9. The fraction of sp³-hybridized carbons (Fsp3) is 0.468. The molecule has 0 spiro atoms. The second kappa shape index (κ2) is 58.5. The number of hydrogen-bond donors (Lipinski definition) is 0. The number of halogens is 1. The third kappa shape index (κ3) is 44.9. The zero-order chi connectivity index (χ0) is 61.3. The van der Waals surface area contributed by atoms with E-state index in [1.807, 2.05) is 91.0 Å². The van der Waals surface area contributed by atoms with Crippen molar-refractivity contribution in [1.29, 1.82) is 0 Å². The van der Waals surface area contributed by atoms with E-state index < -0.39 is 56.5 Å². The van der Waals surface area contributed by atoms with Crippen molar-refractivity contribution >= 4 is 96.7 Å². The van der Waals surface area contributed by atoms with Crippen molar-refractivity contribution in [3.63, 3.8) is 0 Å². The molecular weight excluding hydrogens is 1410 g/mol. The Morgan fingerprint density at radius 3 is 0.941 bits per heavy atom. The minimum atomic E-state index is -2.07. The molecule has 4 aromatic carbocycles. The van der Waals surface area contributed by atoms with E-state index in [1.165, 1.54) is 132 Å². The van der Waals surface area contributed by atoms with Crippen LogP contribution in [0, 0.1) is 12.3 Å². The molecule has 2 aromatic heterocycles. The second-order valence-electron chi connectivity index (χ2n) is 22.8. The Morgan fingerprint density at radius 1 is 0.376 bits per heavy atom. The van der Waals surface area contributed by atoms with Gasteiger partial charge >= 0.3 is 366 Å². The fourth-order valence-corrected chi connectivity index (χ4v) is 49.7. The molecule has 2 heterocycles. The van der Waals surface area contributed by atoms with Gasteiger partial charge in [-0.1, -0.05) is 80.1 Å². The standard InChI is InChI=1S/C13H11N.2C8H7.C8H6.C5H4BrN.9C4H9.CH4.3Sn.H/c1-2-6-12(7-3-1)9-10-13-8-4-5-11-14-13;3*1-2-8-6-4-3-5-7-8;6-5-3-1-2-4-7-5;9*1-3-4-2;;;;;/h1-11H;2*1-7H;1,3-7H;1-4H;9*1,3-4H2,2H3;1H4;;;;/b10-9+;;;;;;;;;;;;;;;;;;. The van der Waals surface area contributed by atoms with Gasteiger partial charge in [-0.05, 0) is 64.0 Å². The van der Waals surface area contributed by atoms with Gasteiger partial charge in [-0.15, -0.1) is 6.42 Å². The average molecular weight is 1530 g/mol. The van der Waals surface area contributed by atoms with E-state index >= 15 is 0 Å². The molecule has 6 heteroatoms. The van der Waals surface area contributed by atoms with Crippen LogP contribution in [0.15, 0.2) is 183 Å². The van der Waals surface area contributed by atoms with E-state index in [0.717, 1.165) is 15.9 Å². The van der Waals surface area contributed by atoms with Gasteiger partial charge in [0.1, 0.15) is 4.60 Å². The predicted molar refractivity (Wildman–Crippen MR) is 400 cm³/mol. The molecule has 6 rings (SSSR count). The van der Waals surface area contributed by atoms with Gasteiger partial charge in [0, 0.05) is 18.0 Å². The Bertz CT molecular complexity index is 2280. The van der Waals surface area contributed by atoms with Gasteiger partial charge in [-0.3, -0.25) is 4.98 Å². The van der Waals surface area contributed by atoms with E-state index in [4.69, 9.17) is 6.42 Å². The van der Waals surface area contributed by atoms with E-state index in [1.54, 1.807) is 52.3 Å². The van der Waals surface area contributed by atoms with Crippen LogP contribution in [0.25, 0.3) is 24.3 Å². The van der Waals surface area contributed by atoms with E-state index in [-0.39, 0.29) is 7.43 Å². The zero-order valence-electron chi connectivity index (χ0n) is 54.6. The molecule has 0 atom stereocenters. The number of pyridine rings is 2. The van der Waals surface area contributed by atoms with Gasteiger partial charge in [0.2, 0.25) is 0 Å². The Labute approximate surface area is 549 Å². The maximum absolute atomic E-state index is 5.10. The number of unbranched alkanes of at least 4 members (excludes halogenated alkanes) is 9. The molecule has 0 aliphatic carbocycles. The number of nitrogens with zero attached hydrogens (tertiary/aromatic N) is 2. The quantitative estimate of drug-likeness (QED) is 0.0233. The SMILES string of the molecule is Brc1ccccn1.C.C#Cc1ccccc1.C(=C\c1ccccn1)/c1ccccc1.CCC[CH2][SnH]([CH2]CCC)[CH2]CCC.CCC[CH2][Sn](/[CH]=C/c1ccccc1)([CH2]CCC)[CH2]CCC.CCC[CH2][Sn](/[CH]=C/c1ccccc1)([CH2]CCC)[CH2]CCC. The number of terminal acetylenes is 1. The van der Waals surface area contributed by atoms with Crippen LogP contribution in [0.3, 0.4) is 0 Å². The van der Waals surface area contributed by atoms with Crippen LogP contribution in [0.2, 0.25) is 39.9 Å². The molecule has 0 aliphatic rings. The average Bonchev–Trinajstić information content (AvgIpc) is 3.58. The molecule has 0 bridgehead atoms. The summed E-state index contributed by atoms with van der Waals surface area (Å²) in [4.78, 5) is 8.10. The van der Waals surface area contributed by atoms with Crippen LogP contribution >= 0.6 is 15.9 Å². The first-order valence-electron chi connectivity index (χ1n) is 33.4. The molecular formula is C79H121BrN2Sn3. The van der Waals surface area contributed by atoms with Crippen LogP contribution in [-0.4, -0.2) is 66.5 Å². The normalized spacial score (nSPS) is 10.9. The van der Waals surface area contributed by atoms with Crippen molar-refractivity contribution in [2.45, 2.75) is 225 Å². The van der Waals surface area contributed by atoms with Crippen molar-refractivity contribution in [2.24, 2.45) is 0 Å². The van der Waals surface area contributed by atoms with Crippen LogP contribution < -0.4 is 0 Å². The first-order chi connectivity index (χ1) is 41.1. The van der Waals surface area contributed by atoms with E-state index in [9.17, 15) is 0 Å². The van der Waals surface area contributed by atoms with Crippen molar-refractivity contribution < 1.29 is 0 Å². The fourth-order valence-electron chi connectivity index (χ4n) is 10.1. The van der Waals surface area contributed by atoms with Crippen LogP contribution in [0.4, 0.5) is 0 Å². The predicted octanol–water partition coefficient (Wildman–Crippen LogP) is 26.2. The number of hydrogen-bond acceptors (Lipinski definition) is 2. The summed E-state index contributed by atoms with van der Waals surface area (Å²) in [5.41, 5.74) is 5.90. The molecule has 85 heavy (non-hydrogen) atoms. The van der Waals surface area contributed by atoms with Crippen LogP contribution in [-0.2, 0) is 0 Å². The Hall–Kier alpha value is -3.16. The van der Waals surface area contributed by atoms with Crippen molar-refractivity contribution in [3.05, 3.63) is 211 Å². The molecule has 0 aliphatic heterocycles. The third-order valence-corrected chi connectivity index (χ3v) is 54.5. The monoisotopic (exact) mass is 1540 g/mol. The zero-order valence-corrected chi connectivity index (χ0v) is 65.2. The summed E-state index contributed by atoms with van der Waals surface area (Å²) in [5.74, 6) is 2.53. The summed E-state index contributed by atoms with van der Waals surface area (Å²) in [7, 11) is 0. The summed E-state index contributed by atoms with van der Waals surface area (Å²) in [6.07, 6.45) is 43.3. The Balaban J connectivity index is 0.00000103. The molecule has 0 unspecified atom stereocenters. The molecule has 2 nitrogen and oxygen atoms in total. The molecule has 466 valence electrons. The van der Waals surface area contributed by atoms with Crippen molar-refractivity contribution in [3.8, 4) is 12.3 Å². The third-order valence-electron chi connectivity index (χ3n) is 15.4. The summed E-state index contributed by atoms with van der Waals surface area (Å²) in [5, 5.41) is 0. The topological polar surface area (TPSA) is 25.8 Å². The minimum absolute atomic E-state index is 0. The van der Waals surface area contributed by atoms with Crippen molar-refractivity contribution in [2.75, 3.05) is 0 Å². The molecule has 0 fully saturated rings. The van der Waals surface area contributed by atoms with Gasteiger partial charge in [-0.2, -0.15) is 0 Å². The maximum atomic E-state index is 5.10. The Kier molecular flexibility index (Phi) is 56.3. The molecule has 6 aromatic rings. The van der Waals surface area contributed by atoms with Gasteiger partial charge in [0.05, 0.1) is 5.69 Å². The van der Waals surface area contributed by atoms with Crippen LogP contribution in [0.5, 0.6) is 0 Å². The molecule has 0 saturated carbocycles. The second-order valence-corrected chi connectivity index (χ2v) is 59.5. The van der Waals surface area contributed by atoms with E-state index in [2.05, 4.69) is 193 Å². The first kappa shape index (κ1) is 81.8. The summed E-state index contributed by atoms with van der Waals surface area (Å²) in [6.45, 7) is 21.1. The molecule has 0 N–H and O–H groups in total. The number of benzene rings is 4. The summed E-state index contributed by atoms with van der Waals surface area (Å²) in [6, 6.07) is 53.2. The van der Waals surface area contributed by atoms with Gasteiger partial charge in [0.15, 0.2) is 0 Å². The van der Waals surface area contributed by atoms with Gasteiger partial charge in [-0.25, -0.2) is 4.98 Å². The first-order valence-corrected chi connectivity index (χ1v) is 56.5. The van der Waals surface area contributed by atoms with Gasteiger partial charge in [0.25, 0.3) is 0 Å². The molecule has 0 amide bonds. The van der Waals surface area contributed by atoms with E-state index in [0.29, 0.717) is 0 Å². The number of rotatable bonds is 33. The number of aromatic nitrogens is 2. The Morgan fingerprint density at radius 2 is 0.682 bits per heavy atom.